The molecule has 4 rings (SSSR count). The van der Waals surface area contributed by atoms with Crippen molar-refractivity contribution in [2.45, 2.75) is 64.7 Å². The van der Waals surface area contributed by atoms with E-state index in [9.17, 15) is 0 Å². The molecule has 0 aromatic carbocycles. The molecule has 2 aromatic rings. The first-order chi connectivity index (χ1) is 12.1. The van der Waals surface area contributed by atoms with Gasteiger partial charge in [-0.05, 0) is 40.2 Å². The van der Waals surface area contributed by atoms with Crippen molar-refractivity contribution < 1.29 is 4.42 Å². The number of hydrogen-bond donors (Lipinski definition) is 0. The smallest absolute Gasteiger partial charge is 0.230 e. The van der Waals surface area contributed by atoms with Crippen LogP contribution in [0.4, 0.5) is 0 Å². The van der Waals surface area contributed by atoms with E-state index < -0.39 is 0 Å². The number of aromatic nitrogens is 5. The summed E-state index contributed by atoms with van der Waals surface area (Å²) in [5.74, 6) is 4.15. The first kappa shape index (κ1) is 16.7. The van der Waals surface area contributed by atoms with E-state index in [1.807, 2.05) is 6.92 Å². The van der Waals surface area contributed by atoms with Crippen LogP contribution < -0.4 is 0 Å². The molecule has 8 nitrogen and oxygen atoms in total. The van der Waals surface area contributed by atoms with Crippen LogP contribution in [0.15, 0.2) is 4.42 Å². The summed E-state index contributed by atoms with van der Waals surface area (Å²) < 4.78 is 7.98. The number of nitrogens with zero attached hydrogens (tertiary/aromatic N) is 7. The Morgan fingerprint density at radius 2 is 2.00 bits per heavy atom. The van der Waals surface area contributed by atoms with Crippen molar-refractivity contribution in [2.24, 2.45) is 0 Å². The van der Waals surface area contributed by atoms with Gasteiger partial charge in [-0.15, -0.1) is 20.4 Å². The van der Waals surface area contributed by atoms with Crippen molar-refractivity contribution in [3.8, 4) is 0 Å². The lowest BCUT2D eigenvalue weighted by Crippen LogP contribution is -2.34. The zero-order valence-electron chi connectivity index (χ0n) is 15.4. The first-order valence-corrected chi connectivity index (χ1v) is 9.27. The Balaban J connectivity index is 1.31. The largest absolute Gasteiger partial charge is 0.424 e. The summed E-state index contributed by atoms with van der Waals surface area (Å²) in [7, 11) is 2.18. The lowest BCUT2D eigenvalue weighted by molar-refractivity contribution is 0.209. The van der Waals surface area contributed by atoms with Crippen LogP contribution in [0.3, 0.4) is 0 Å². The highest BCUT2D eigenvalue weighted by Crippen LogP contribution is 2.39. The van der Waals surface area contributed by atoms with E-state index in [0.717, 1.165) is 62.6 Å². The second kappa shape index (κ2) is 6.84. The molecule has 0 spiro atoms. The molecule has 8 heteroatoms. The van der Waals surface area contributed by atoms with E-state index in [0.29, 0.717) is 12.0 Å². The molecule has 0 unspecified atom stereocenters. The van der Waals surface area contributed by atoms with Crippen molar-refractivity contribution >= 4 is 0 Å². The fraction of sp³-hybridized carbons (Fsp3) is 0.765. The lowest BCUT2D eigenvalue weighted by atomic mass is 10.2. The average molecular weight is 345 g/mol. The van der Waals surface area contributed by atoms with E-state index in [1.165, 1.54) is 12.8 Å². The Bertz CT molecular complexity index is 720. The molecule has 2 aliphatic rings. The molecule has 2 aromatic heterocycles. The number of likely N-dealkylation sites (N-methyl/N-ethyl adjacent to an activating group) is 1. The Morgan fingerprint density at radius 1 is 1.16 bits per heavy atom. The van der Waals surface area contributed by atoms with Gasteiger partial charge < -0.3 is 8.98 Å². The molecule has 1 atom stereocenters. The molecule has 2 fully saturated rings. The van der Waals surface area contributed by atoms with Gasteiger partial charge in [-0.2, -0.15) is 0 Å². The van der Waals surface area contributed by atoms with E-state index in [-0.39, 0.29) is 0 Å². The highest BCUT2D eigenvalue weighted by Gasteiger charge is 2.31. The molecular formula is C17H27N7O. The van der Waals surface area contributed by atoms with Crippen LogP contribution in [0.2, 0.25) is 0 Å². The SMILES string of the molecule is CCn1c(C)nnc1CN(C)[C@H]1CCN(Cc2nnc(C3CC3)o2)C1. The van der Waals surface area contributed by atoms with Gasteiger partial charge >= 0.3 is 0 Å². The van der Waals surface area contributed by atoms with Gasteiger partial charge in [-0.1, -0.05) is 0 Å². The molecule has 1 saturated carbocycles. The van der Waals surface area contributed by atoms with Gasteiger partial charge in [0.1, 0.15) is 11.6 Å². The van der Waals surface area contributed by atoms with E-state index in [1.54, 1.807) is 0 Å². The van der Waals surface area contributed by atoms with Crippen molar-refractivity contribution in [2.75, 3.05) is 20.1 Å². The van der Waals surface area contributed by atoms with Gasteiger partial charge in [-0.3, -0.25) is 9.80 Å². The van der Waals surface area contributed by atoms with E-state index >= 15 is 0 Å². The fourth-order valence-corrected chi connectivity index (χ4v) is 3.64. The summed E-state index contributed by atoms with van der Waals surface area (Å²) in [5, 5.41) is 16.9. The van der Waals surface area contributed by atoms with E-state index in [2.05, 4.69) is 48.7 Å². The fourth-order valence-electron chi connectivity index (χ4n) is 3.64. The predicted octanol–water partition coefficient (Wildman–Crippen LogP) is 1.57. The third kappa shape index (κ3) is 3.59. The standard InChI is InChI=1S/C17H27N7O/c1-4-24-12(2)18-19-15(24)10-22(3)14-7-8-23(9-14)11-16-20-21-17(25-16)13-5-6-13/h13-14H,4-11H2,1-3H3/t14-/m0/s1. The number of likely N-dealkylation sites (tertiary alicyclic amines) is 1. The minimum atomic E-state index is 0.521. The number of aryl methyl sites for hydroxylation is 1. The monoisotopic (exact) mass is 345 g/mol. The van der Waals surface area contributed by atoms with Gasteiger partial charge in [0.15, 0.2) is 0 Å². The number of hydrogen-bond acceptors (Lipinski definition) is 7. The summed E-state index contributed by atoms with van der Waals surface area (Å²) in [5.41, 5.74) is 0. The van der Waals surface area contributed by atoms with Crippen LogP contribution in [0.1, 0.15) is 55.5 Å². The van der Waals surface area contributed by atoms with Gasteiger partial charge in [0.25, 0.3) is 0 Å². The van der Waals surface area contributed by atoms with Gasteiger partial charge in [0.2, 0.25) is 11.8 Å². The lowest BCUT2D eigenvalue weighted by Gasteiger charge is -2.24. The van der Waals surface area contributed by atoms with Crippen LogP contribution in [0.25, 0.3) is 0 Å². The van der Waals surface area contributed by atoms with Crippen LogP contribution in [0, 0.1) is 6.92 Å². The molecule has 0 N–H and O–H groups in total. The maximum Gasteiger partial charge on any atom is 0.230 e. The zero-order chi connectivity index (χ0) is 17.4. The molecule has 1 saturated heterocycles. The first-order valence-electron chi connectivity index (χ1n) is 9.27. The molecule has 0 radical (unpaired) electrons. The Kier molecular flexibility index (Phi) is 4.56. The summed E-state index contributed by atoms with van der Waals surface area (Å²) in [6.45, 7) is 8.74. The van der Waals surface area contributed by atoms with Gasteiger partial charge in [0.05, 0.1) is 13.1 Å². The summed E-state index contributed by atoms with van der Waals surface area (Å²) in [4.78, 5) is 4.79. The molecule has 1 aliphatic carbocycles. The topological polar surface area (TPSA) is 76.1 Å². The van der Waals surface area contributed by atoms with Crippen LogP contribution >= 0.6 is 0 Å². The molecule has 25 heavy (non-hydrogen) atoms. The van der Waals surface area contributed by atoms with Crippen LogP contribution in [0.5, 0.6) is 0 Å². The molecule has 1 aliphatic heterocycles. The zero-order valence-corrected chi connectivity index (χ0v) is 15.4. The predicted molar refractivity (Wildman–Crippen MR) is 91.9 cm³/mol. The maximum atomic E-state index is 5.79. The second-order valence-corrected chi connectivity index (χ2v) is 7.31. The minimum absolute atomic E-state index is 0.521. The van der Waals surface area contributed by atoms with Crippen LogP contribution in [-0.4, -0.2) is 60.9 Å². The summed E-state index contributed by atoms with van der Waals surface area (Å²) >= 11 is 0. The van der Waals surface area contributed by atoms with Crippen molar-refractivity contribution in [1.29, 1.82) is 0 Å². The Labute approximate surface area is 148 Å². The normalized spacial score (nSPS) is 21.5. The highest BCUT2D eigenvalue weighted by atomic mass is 16.4. The third-order valence-corrected chi connectivity index (χ3v) is 5.36. The molecule has 0 amide bonds. The molecule has 3 heterocycles. The minimum Gasteiger partial charge on any atom is -0.424 e. The summed E-state index contributed by atoms with van der Waals surface area (Å²) in [6.07, 6.45) is 3.54. The quantitative estimate of drug-likeness (QED) is 0.754. The molecule has 136 valence electrons. The third-order valence-electron chi connectivity index (χ3n) is 5.36. The summed E-state index contributed by atoms with van der Waals surface area (Å²) in [6, 6.07) is 0.521. The van der Waals surface area contributed by atoms with Crippen molar-refractivity contribution in [3.05, 3.63) is 23.4 Å². The number of rotatable bonds is 7. The Hall–Kier alpha value is -1.80. The molecule has 0 bridgehead atoms. The van der Waals surface area contributed by atoms with Gasteiger partial charge in [0, 0.05) is 31.6 Å². The van der Waals surface area contributed by atoms with Crippen molar-refractivity contribution in [3.63, 3.8) is 0 Å². The second-order valence-electron chi connectivity index (χ2n) is 7.31. The van der Waals surface area contributed by atoms with Gasteiger partial charge in [-0.25, -0.2) is 0 Å². The average Bonchev–Trinajstić information content (AvgIpc) is 3.01. The highest BCUT2D eigenvalue weighted by molar-refractivity contribution is 5.00. The maximum absolute atomic E-state index is 5.79. The van der Waals surface area contributed by atoms with E-state index in [4.69, 9.17) is 4.42 Å². The van der Waals surface area contributed by atoms with Crippen molar-refractivity contribution in [1.82, 2.24) is 34.8 Å². The molecular weight excluding hydrogens is 318 g/mol. The Morgan fingerprint density at radius 3 is 2.76 bits per heavy atom. The van der Waals surface area contributed by atoms with Crippen LogP contribution in [-0.2, 0) is 19.6 Å².